The molecule has 0 spiro atoms. The van der Waals surface area contributed by atoms with Gasteiger partial charge in [0.05, 0.1) is 6.54 Å². The lowest BCUT2D eigenvalue weighted by molar-refractivity contribution is -0.143. The van der Waals surface area contributed by atoms with Gasteiger partial charge in [-0.3, -0.25) is 24.0 Å². The quantitative estimate of drug-likeness (QED) is 0.130. The maximum atomic E-state index is 13.2. The molecular formula is C24H43N5O8. The molecule has 4 atom stereocenters. The summed E-state index contributed by atoms with van der Waals surface area (Å²) in [5.74, 6) is -5.58. The zero-order chi connectivity index (χ0) is 28.9. The Labute approximate surface area is 217 Å². The van der Waals surface area contributed by atoms with E-state index in [9.17, 15) is 33.9 Å². The molecule has 0 saturated heterocycles. The third-order valence-corrected chi connectivity index (χ3v) is 5.39. The Kier molecular flexibility index (Phi) is 15.1. The van der Waals surface area contributed by atoms with E-state index < -0.39 is 78.6 Å². The number of carbonyl (C=O) groups excluding carboxylic acids is 4. The fourth-order valence-corrected chi connectivity index (χ4v) is 3.51. The number of carboxylic acid groups (broad SMARTS) is 2. The highest BCUT2D eigenvalue weighted by atomic mass is 16.4. The normalized spacial score (nSPS) is 14.4. The highest BCUT2D eigenvalue weighted by Gasteiger charge is 2.33. The number of carboxylic acids is 2. The Hall–Kier alpha value is -3.22. The topological polar surface area (TPSA) is 217 Å². The van der Waals surface area contributed by atoms with E-state index in [1.54, 1.807) is 13.8 Å². The molecule has 212 valence electrons. The Morgan fingerprint density at radius 2 is 1.16 bits per heavy atom. The number of nitrogens with two attached hydrogens (primary N) is 1. The summed E-state index contributed by atoms with van der Waals surface area (Å²) in [6.45, 7) is 10.2. The summed E-state index contributed by atoms with van der Waals surface area (Å²) >= 11 is 0. The molecule has 0 aromatic rings. The maximum absolute atomic E-state index is 13.2. The van der Waals surface area contributed by atoms with Crippen LogP contribution in [0.4, 0.5) is 0 Å². The van der Waals surface area contributed by atoms with Gasteiger partial charge in [-0.2, -0.15) is 0 Å². The lowest BCUT2D eigenvalue weighted by atomic mass is 9.98. The molecule has 0 aliphatic rings. The van der Waals surface area contributed by atoms with E-state index in [0.717, 1.165) is 0 Å². The average Bonchev–Trinajstić information content (AvgIpc) is 2.77. The van der Waals surface area contributed by atoms with E-state index >= 15 is 0 Å². The summed E-state index contributed by atoms with van der Waals surface area (Å²) in [6, 6.07) is -4.54. The number of hydrogen-bond acceptors (Lipinski definition) is 7. The van der Waals surface area contributed by atoms with Crippen molar-refractivity contribution in [1.29, 1.82) is 0 Å². The first-order valence-electron chi connectivity index (χ1n) is 12.4. The van der Waals surface area contributed by atoms with Gasteiger partial charge in [0.1, 0.15) is 24.2 Å². The van der Waals surface area contributed by atoms with Crippen molar-refractivity contribution in [3.8, 4) is 0 Å². The molecule has 0 unspecified atom stereocenters. The van der Waals surface area contributed by atoms with Crippen molar-refractivity contribution in [3.05, 3.63) is 0 Å². The van der Waals surface area contributed by atoms with Crippen LogP contribution in [0.2, 0.25) is 0 Å². The maximum Gasteiger partial charge on any atom is 0.326 e. The second kappa shape index (κ2) is 16.5. The molecule has 0 rings (SSSR count). The number of nitrogens with one attached hydrogen (secondary N) is 4. The molecule has 0 heterocycles. The van der Waals surface area contributed by atoms with Gasteiger partial charge in [-0.1, -0.05) is 41.5 Å². The smallest absolute Gasteiger partial charge is 0.326 e. The zero-order valence-electron chi connectivity index (χ0n) is 22.5. The van der Waals surface area contributed by atoms with E-state index in [0.29, 0.717) is 0 Å². The first-order valence-corrected chi connectivity index (χ1v) is 12.4. The van der Waals surface area contributed by atoms with Crippen molar-refractivity contribution in [2.45, 2.75) is 91.4 Å². The minimum Gasteiger partial charge on any atom is -0.481 e. The molecule has 8 N–H and O–H groups in total. The van der Waals surface area contributed by atoms with Crippen molar-refractivity contribution in [1.82, 2.24) is 21.3 Å². The molecule has 0 bridgehead atoms. The van der Waals surface area contributed by atoms with Gasteiger partial charge in [0.25, 0.3) is 0 Å². The second-order valence-electron chi connectivity index (χ2n) is 10.2. The molecule has 0 aliphatic carbocycles. The molecule has 0 fully saturated rings. The number of rotatable bonds is 17. The van der Waals surface area contributed by atoms with E-state index in [1.807, 2.05) is 27.7 Å². The third-order valence-electron chi connectivity index (χ3n) is 5.39. The standard InChI is InChI=1S/C24H43N5O8/c1-12(2)9-16(27-21(33)15(7-8-19(31)32)26-18(30)11-25)22(34)29-20(14(5)6)23(35)28-17(24(36)37)10-13(3)4/h12-17,20H,7-11,25H2,1-6H3,(H,26,30)(H,27,33)(H,28,35)(H,29,34)(H,31,32)(H,36,37)/t15-,16-,17-,20-/m0/s1. The minimum atomic E-state index is -1.23. The van der Waals surface area contributed by atoms with Gasteiger partial charge in [-0.25, -0.2) is 4.79 Å². The lowest BCUT2D eigenvalue weighted by Gasteiger charge is -2.28. The van der Waals surface area contributed by atoms with Gasteiger partial charge in [0.2, 0.25) is 23.6 Å². The average molecular weight is 530 g/mol. The second-order valence-corrected chi connectivity index (χ2v) is 10.2. The van der Waals surface area contributed by atoms with Gasteiger partial charge < -0.3 is 37.2 Å². The van der Waals surface area contributed by atoms with Crippen molar-refractivity contribution < 1.29 is 39.0 Å². The van der Waals surface area contributed by atoms with E-state index in [1.165, 1.54) is 0 Å². The van der Waals surface area contributed by atoms with Gasteiger partial charge >= 0.3 is 11.9 Å². The molecule has 0 aromatic heterocycles. The summed E-state index contributed by atoms with van der Waals surface area (Å²) in [5.41, 5.74) is 5.28. The van der Waals surface area contributed by atoms with Crippen molar-refractivity contribution >= 4 is 35.6 Å². The van der Waals surface area contributed by atoms with Crippen LogP contribution in [-0.4, -0.2) is 76.5 Å². The van der Waals surface area contributed by atoms with Gasteiger partial charge in [-0.05, 0) is 37.0 Å². The molecule has 0 aliphatic heterocycles. The molecule has 13 nitrogen and oxygen atoms in total. The van der Waals surface area contributed by atoms with Gasteiger partial charge in [0, 0.05) is 6.42 Å². The van der Waals surface area contributed by atoms with Crippen LogP contribution in [0.1, 0.15) is 67.2 Å². The predicted octanol–water partition coefficient (Wildman–Crippen LogP) is -0.418. The van der Waals surface area contributed by atoms with Crippen LogP contribution >= 0.6 is 0 Å². The largest absolute Gasteiger partial charge is 0.481 e. The molecule has 37 heavy (non-hydrogen) atoms. The number of amides is 4. The van der Waals surface area contributed by atoms with Crippen molar-refractivity contribution in [2.75, 3.05) is 6.54 Å². The predicted molar refractivity (Wildman–Crippen MR) is 135 cm³/mol. The van der Waals surface area contributed by atoms with Crippen LogP contribution in [0.15, 0.2) is 0 Å². The van der Waals surface area contributed by atoms with Crippen molar-refractivity contribution in [3.63, 3.8) is 0 Å². The Morgan fingerprint density at radius 3 is 1.59 bits per heavy atom. The molecular weight excluding hydrogens is 486 g/mol. The Balaban J connectivity index is 5.70. The Morgan fingerprint density at radius 1 is 0.676 bits per heavy atom. The number of hydrogen-bond donors (Lipinski definition) is 7. The summed E-state index contributed by atoms with van der Waals surface area (Å²) in [6.07, 6.45) is -0.225. The highest BCUT2D eigenvalue weighted by Crippen LogP contribution is 2.11. The van der Waals surface area contributed by atoms with E-state index in [4.69, 9.17) is 10.8 Å². The van der Waals surface area contributed by atoms with E-state index in [2.05, 4.69) is 21.3 Å². The number of aliphatic carboxylic acids is 2. The Bertz CT molecular complexity index is 815. The summed E-state index contributed by atoms with van der Waals surface area (Å²) in [4.78, 5) is 73.3. The van der Waals surface area contributed by atoms with Crippen LogP contribution in [0.25, 0.3) is 0 Å². The fraction of sp³-hybridized carbons (Fsp3) is 0.750. The highest BCUT2D eigenvalue weighted by molar-refractivity contribution is 5.95. The first kappa shape index (κ1) is 33.8. The summed E-state index contributed by atoms with van der Waals surface area (Å²) < 4.78 is 0. The van der Waals surface area contributed by atoms with E-state index in [-0.39, 0.29) is 31.1 Å². The van der Waals surface area contributed by atoms with Crippen LogP contribution in [0.5, 0.6) is 0 Å². The molecule has 0 radical (unpaired) electrons. The van der Waals surface area contributed by atoms with Crippen molar-refractivity contribution in [2.24, 2.45) is 23.5 Å². The minimum absolute atomic E-state index is 0.00737. The third kappa shape index (κ3) is 13.6. The fourth-order valence-electron chi connectivity index (χ4n) is 3.51. The number of carbonyl (C=O) groups is 6. The van der Waals surface area contributed by atoms with Crippen LogP contribution in [0.3, 0.4) is 0 Å². The SMILES string of the molecule is CC(C)C[C@H](NC(=O)[C@@H](NC(=O)[C@H](CC(C)C)NC(=O)[C@H](CCC(=O)O)NC(=O)CN)C(C)C)C(=O)O. The monoisotopic (exact) mass is 529 g/mol. The van der Waals surface area contributed by atoms with Crippen LogP contribution < -0.4 is 27.0 Å². The zero-order valence-corrected chi connectivity index (χ0v) is 22.5. The molecule has 0 aromatic carbocycles. The van der Waals surface area contributed by atoms with Gasteiger partial charge in [0.15, 0.2) is 0 Å². The molecule has 0 saturated carbocycles. The lowest BCUT2D eigenvalue weighted by Crippen LogP contribution is -2.59. The van der Waals surface area contributed by atoms with Crippen LogP contribution in [-0.2, 0) is 28.8 Å². The van der Waals surface area contributed by atoms with Crippen LogP contribution in [0, 0.1) is 17.8 Å². The summed E-state index contributed by atoms with van der Waals surface area (Å²) in [7, 11) is 0. The van der Waals surface area contributed by atoms with Gasteiger partial charge in [-0.15, -0.1) is 0 Å². The molecule has 4 amide bonds. The molecule has 13 heteroatoms. The summed E-state index contributed by atoms with van der Waals surface area (Å²) in [5, 5.41) is 28.4. The first-order chi connectivity index (χ1) is 17.1.